The Morgan fingerprint density at radius 1 is 1.37 bits per heavy atom. The van der Waals surface area contributed by atoms with E-state index in [1.165, 1.54) is 18.2 Å². The number of hydrogen-bond acceptors (Lipinski definition) is 3. The number of carbonyl (C=O) groups excluding carboxylic acids is 1. The summed E-state index contributed by atoms with van der Waals surface area (Å²) < 4.78 is 13.5. The van der Waals surface area contributed by atoms with Crippen molar-refractivity contribution in [2.75, 3.05) is 11.9 Å². The van der Waals surface area contributed by atoms with Crippen LogP contribution in [0.4, 0.5) is 10.1 Å². The van der Waals surface area contributed by atoms with Crippen molar-refractivity contribution in [2.24, 2.45) is 0 Å². The Morgan fingerprint density at radius 3 is 2.74 bits per heavy atom. The fraction of sp³-hybridized carbons (Fsp3) is 0.385. The summed E-state index contributed by atoms with van der Waals surface area (Å²) in [6, 6.07) is 4.12. The van der Waals surface area contributed by atoms with Gasteiger partial charge in [-0.25, -0.2) is 9.18 Å². The highest BCUT2D eigenvalue weighted by Crippen LogP contribution is 2.20. The molecule has 1 saturated carbocycles. The third kappa shape index (κ3) is 3.67. The summed E-state index contributed by atoms with van der Waals surface area (Å²) in [7, 11) is 0. The molecule has 3 N–H and O–H groups in total. The first-order chi connectivity index (χ1) is 9.08. The van der Waals surface area contributed by atoms with Gasteiger partial charge in [-0.2, -0.15) is 0 Å². The second-order valence-corrected chi connectivity index (χ2v) is 4.49. The first-order valence-electron chi connectivity index (χ1n) is 6.13. The highest BCUT2D eigenvalue weighted by atomic mass is 19.1. The molecule has 0 aliphatic heterocycles. The van der Waals surface area contributed by atoms with E-state index >= 15 is 0 Å². The topological polar surface area (TPSA) is 78.4 Å². The van der Waals surface area contributed by atoms with Crippen molar-refractivity contribution in [1.82, 2.24) is 5.32 Å². The number of aromatic carboxylic acids is 1. The average Bonchev–Trinajstić information content (AvgIpc) is 3.14. The number of anilines is 1. The first kappa shape index (κ1) is 13.3. The Labute approximate surface area is 109 Å². The normalized spacial score (nSPS) is 13.9. The largest absolute Gasteiger partial charge is 0.478 e. The summed E-state index contributed by atoms with van der Waals surface area (Å²) in [5.41, 5.74) is -0.211. The standard InChI is InChI=1S/C13H15FN2O3/c14-10-3-1-2-9(13(18)19)12(10)15-7-6-11(17)16-8-4-5-8/h1-3,8,15H,4-7H2,(H,16,17)(H,18,19). The lowest BCUT2D eigenvalue weighted by Crippen LogP contribution is -2.27. The van der Waals surface area contributed by atoms with Gasteiger partial charge in [0.25, 0.3) is 0 Å². The lowest BCUT2D eigenvalue weighted by molar-refractivity contribution is -0.120. The van der Waals surface area contributed by atoms with Crippen LogP contribution >= 0.6 is 0 Å². The van der Waals surface area contributed by atoms with E-state index in [-0.39, 0.29) is 36.2 Å². The van der Waals surface area contributed by atoms with Crippen molar-refractivity contribution < 1.29 is 19.1 Å². The molecule has 0 spiro atoms. The van der Waals surface area contributed by atoms with E-state index in [1.54, 1.807) is 0 Å². The molecule has 1 aliphatic rings. The molecule has 0 saturated heterocycles. The summed E-state index contributed by atoms with van der Waals surface area (Å²) in [4.78, 5) is 22.4. The average molecular weight is 266 g/mol. The lowest BCUT2D eigenvalue weighted by atomic mass is 10.1. The van der Waals surface area contributed by atoms with E-state index in [2.05, 4.69) is 10.6 Å². The second-order valence-electron chi connectivity index (χ2n) is 4.49. The highest BCUT2D eigenvalue weighted by Gasteiger charge is 2.23. The van der Waals surface area contributed by atoms with E-state index in [9.17, 15) is 14.0 Å². The molecular weight excluding hydrogens is 251 g/mol. The van der Waals surface area contributed by atoms with Crippen molar-refractivity contribution in [2.45, 2.75) is 25.3 Å². The Morgan fingerprint density at radius 2 is 2.11 bits per heavy atom. The number of carbonyl (C=O) groups is 2. The van der Waals surface area contributed by atoms with Crippen molar-refractivity contribution in [3.05, 3.63) is 29.6 Å². The molecule has 0 unspecified atom stereocenters. The maximum absolute atomic E-state index is 13.5. The Kier molecular flexibility index (Phi) is 3.99. The molecule has 1 aromatic rings. The van der Waals surface area contributed by atoms with Gasteiger partial charge in [0, 0.05) is 19.0 Å². The SMILES string of the molecule is O=C(CCNc1c(F)cccc1C(=O)O)NC1CC1. The van der Waals surface area contributed by atoms with Crippen LogP contribution in [0.1, 0.15) is 29.6 Å². The number of carboxylic acids is 1. The molecule has 0 heterocycles. The van der Waals surface area contributed by atoms with Gasteiger partial charge in [0.1, 0.15) is 5.82 Å². The number of halogens is 1. The second kappa shape index (κ2) is 5.69. The van der Waals surface area contributed by atoms with Gasteiger partial charge >= 0.3 is 5.97 Å². The number of rotatable bonds is 6. The zero-order chi connectivity index (χ0) is 13.8. The number of hydrogen-bond donors (Lipinski definition) is 3. The molecule has 1 aromatic carbocycles. The highest BCUT2D eigenvalue weighted by molar-refractivity contribution is 5.94. The minimum Gasteiger partial charge on any atom is -0.478 e. The van der Waals surface area contributed by atoms with Gasteiger partial charge < -0.3 is 15.7 Å². The minimum atomic E-state index is -1.20. The predicted molar refractivity (Wildman–Crippen MR) is 67.6 cm³/mol. The first-order valence-corrected chi connectivity index (χ1v) is 6.13. The number of amides is 1. The molecule has 6 heteroatoms. The van der Waals surface area contributed by atoms with Crippen LogP contribution in [0.5, 0.6) is 0 Å². The predicted octanol–water partition coefficient (Wildman–Crippen LogP) is 1.60. The monoisotopic (exact) mass is 266 g/mol. The van der Waals surface area contributed by atoms with Crippen LogP contribution in [0, 0.1) is 5.82 Å². The summed E-state index contributed by atoms with van der Waals surface area (Å²) in [6.07, 6.45) is 2.20. The fourth-order valence-electron chi connectivity index (χ4n) is 1.71. The van der Waals surface area contributed by atoms with E-state index in [4.69, 9.17) is 5.11 Å². The maximum atomic E-state index is 13.5. The van der Waals surface area contributed by atoms with Crippen molar-refractivity contribution >= 4 is 17.6 Å². The van der Waals surface area contributed by atoms with Crippen LogP contribution in [0.25, 0.3) is 0 Å². The Balaban J connectivity index is 1.91. The zero-order valence-corrected chi connectivity index (χ0v) is 10.3. The molecule has 1 fully saturated rings. The number of benzene rings is 1. The molecule has 2 rings (SSSR count). The number of carboxylic acid groups (broad SMARTS) is 1. The molecule has 5 nitrogen and oxygen atoms in total. The van der Waals surface area contributed by atoms with Gasteiger partial charge in [-0.1, -0.05) is 6.07 Å². The van der Waals surface area contributed by atoms with Gasteiger partial charge in [0.15, 0.2) is 0 Å². The molecule has 0 atom stereocenters. The Hall–Kier alpha value is -2.11. The third-order valence-electron chi connectivity index (χ3n) is 2.84. The van der Waals surface area contributed by atoms with Crippen molar-refractivity contribution in [3.63, 3.8) is 0 Å². The molecule has 0 bridgehead atoms. The molecule has 19 heavy (non-hydrogen) atoms. The van der Waals surface area contributed by atoms with E-state index < -0.39 is 11.8 Å². The number of nitrogens with one attached hydrogen (secondary N) is 2. The Bertz CT molecular complexity index is 501. The molecule has 1 aliphatic carbocycles. The molecule has 1 amide bonds. The molecule has 102 valence electrons. The van der Waals surface area contributed by atoms with Gasteiger partial charge in [-0.15, -0.1) is 0 Å². The third-order valence-corrected chi connectivity index (χ3v) is 2.84. The summed E-state index contributed by atoms with van der Waals surface area (Å²) in [6.45, 7) is 0.194. The van der Waals surface area contributed by atoms with Gasteiger partial charge in [0.2, 0.25) is 5.91 Å². The van der Waals surface area contributed by atoms with E-state index in [1.807, 2.05) is 0 Å². The summed E-state index contributed by atoms with van der Waals surface area (Å²) >= 11 is 0. The van der Waals surface area contributed by atoms with Gasteiger partial charge in [-0.05, 0) is 25.0 Å². The van der Waals surface area contributed by atoms with Crippen LogP contribution in [0.3, 0.4) is 0 Å². The van der Waals surface area contributed by atoms with Crippen LogP contribution < -0.4 is 10.6 Å². The van der Waals surface area contributed by atoms with Crippen LogP contribution in [0.2, 0.25) is 0 Å². The zero-order valence-electron chi connectivity index (χ0n) is 10.3. The number of para-hydroxylation sites is 1. The van der Waals surface area contributed by atoms with Crippen LogP contribution in [-0.2, 0) is 4.79 Å². The van der Waals surface area contributed by atoms with Crippen molar-refractivity contribution in [1.29, 1.82) is 0 Å². The maximum Gasteiger partial charge on any atom is 0.337 e. The van der Waals surface area contributed by atoms with Crippen molar-refractivity contribution in [3.8, 4) is 0 Å². The van der Waals surface area contributed by atoms with Gasteiger partial charge in [-0.3, -0.25) is 4.79 Å². The lowest BCUT2D eigenvalue weighted by Gasteiger charge is -2.10. The van der Waals surface area contributed by atoms with Crippen LogP contribution in [0.15, 0.2) is 18.2 Å². The minimum absolute atomic E-state index is 0.0748. The molecular formula is C13H15FN2O3. The van der Waals surface area contributed by atoms with E-state index in [0.29, 0.717) is 0 Å². The van der Waals surface area contributed by atoms with Gasteiger partial charge in [0.05, 0.1) is 11.3 Å². The van der Waals surface area contributed by atoms with E-state index in [0.717, 1.165) is 12.8 Å². The smallest absolute Gasteiger partial charge is 0.337 e. The summed E-state index contributed by atoms with van der Waals surface area (Å²) in [5, 5.41) is 14.4. The fourth-order valence-corrected chi connectivity index (χ4v) is 1.71. The summed E-state index contributed by atoms with van der Waals surface area (Å²) in [5.74, 6) is -1.95. The quantitative estimate of drug-likeness (QED) is 0.731. The molecule has 0 aromatic heterocycles. The van der Waals surface area contributed by atoms with Crippen LogP contribution in [-0.4, -0.2) is 29.6 Å². The molecule has 0 radical (unpaired) electrons.